The molecule has 1 heterocycles. The number of nitrogens with two attached hydrogens (primary N) is 1. The molecule has 0 saturated carbocycles. The van der Waals surface area contributed by atoms with Crippen LogP contribution in [-0.4, -0.2) is 4.98 Å². The van der Waals surface area contributed by atoms with Crippen molar-refractivity contribution in [3.05, 3.63) is 64.9 Å². The number of nitrogens with zero attached hydrogens (tertiary/aromatic N) is 1. The maximum absolute atomic E-state index is 5.85. The molecule has 0 radical (unpaired) electrons. The molecule has 0 bridgehead atoms. The van der Waals surface area contributed by atoms with Crippen LogP contribution >= 0.6 is 15.9 Å². The Hall–Kier alpha value is -2.11. The van der Waals surface area contributed by atoms with E-state index in [0.29, 0.717) is 6.61 Å². The van der Waals surface area contributed by atoms with Crippen LogP contribution in [0.5, 0.6) is 5.75 Å². The van der Waals surface area contributed by atoms with Gasteiger partial charge in [0.15, 0.2) is 0 Å². The number of hydrogen-bond donors (Lipinski definition) is 2. The molecule has 0 aliphatic carbocycles. The summed E-state index contributed by atoms with van der Waals surface area (Å²) in [5.74, 6) is 6.18. The fourth-order valence-corrected chi connectivity index (χ4v) is 2.73. The van der Waals surface area contributed by atoms with E-state index in [1.165, 1.54) is 5.39 Å². The minimum absolute atomic E-state index is 0.381. The summed E-state index contributed by atoms with van der Waals surface area (Å²) in [5, 5.41) is 2.30. The predicted molar refractivity (Wildman–Crippen MR) is 88.0 cm³/mol. The molecule has 4 nitrogen and oxygen atoms in total. The van der Waals surface area contributed by atoms with Gasteiger partial charge in [-0.2, -0.15) is 0 Å². The van der Waals surface area contributed by atoms with E-state index < -0.39 is 0 Å². The van der Waals surface area contributed by atoms with Crippen LogP contribution in [0.25, 0.3) is 10.8 Å². The van der Waals surface area contributed by atoms with Crippen molar-refractivity contribution in [2.45, 2.75) is 6.61 Å². The zero-order valence-electron chi connectivity index (χ0n) is 11.2. The number of ether oxygens (including phenoxy) is 1. The number of rotatable bonds is 4. The number of aromatic nitrogens is 1. The Morgan fingerprint density at radius 1 is 1.14 bits per heavy atom. The minimum Gasteiger partial charge on any atom is -0.486 e. The summed E-state index contributed by atoms with van der Waals surface area (Å²) < 4.78 is 6.80. The molecule has 0 atom stereocenters. The first-order valence-electron chi connectivity index (χ1n) is 6.49. The van der Waals surface area contributed by atoms with Gasteiger partial charge in [0.1, 0.15) is 12.4 Å². The third-order valence-electron chi connectivity index (χ3n) is 3.19. The second-order valence-electron chi connectivity index (χ2n) is 4.57. The largest absolute Gasteiger partial charge is 0.486 e. The number of nitrogen functional groups attached to an aromatic ring is 1. The predicted octanol–water partition coefficient (Wildman–Crippen LogP) is 3.86. The third-order valence-corrected chi connectivity index (χ3v) is 4.00. The maximum atomic E-state index is 5.85. The second-order valence-corrected chi connectivity index (χ2v) is 5.36. The van der Waals surface area contributed by atoms with Gasteiger partial charge >= 0.3 is 0 Å². The molecule has 21 heavy (non-hydrogen) atoms. The van der Waals surface area contributed by atoms with Gasteiger partial charge in [0.05, 0.1) is 15.9 Å². The molecule has 0 aliphatic heterocycles. The van der Waals surface area contributed by atoms with Crippen molar-refractivity contribution in [2.75, 3.05) is 5.43 Å². The molecule has 3 rings (SSSR count). The number of fused-ring (bicyclic) bond motifs is 1. The van der Waals surface area contributed by atoms with E-state index in [9.17, 15) is 0 Å². The molecule has 5 heteroatoms. The lowest BCUT2D eigenvalue weighted by atomic mass is 10.1. The Kier molecular flexibility index (Phi) is 4.03. The Morgan fingerprint density at radius 2 is 2.00 bits per heavy atom. The molecular weight excluding hydrogens is 330 g/mol. The van der Waals surface area contributed by atoms with Gasteiger partial charge in [-0.15, -0.1) is 0 Å². The molecule has 0 aliphatic rings. The summed E-state index contributed by atoms with van der Waals surface area (Å²) in [6.45, 7) is 0.381. The fraction of sp³-hybridized carbons (Fsp3) is 0.0625. The first kappa shape index (κ1) is 13.9. The number of benzene rings is 2. The van der Waals surface area contributed by atoms with Crippen molar-refractivity contribution in [1.82, 2.24) is 4.98 Å². The monoisotopic (exact) mass is 343 g/mol. The van der Waals surface area contributed by atoms with E-state index in [1.807, 2.05) is 30.3 Å². The topological polar surface area (TPSA) is 60.2 Å². The van der Waals surface area contributed by atoms with Crippen LogP contribution in [0.2, 0.25) is 0 Å². The molecule has 3 N–H and O–H groups in total. The van der Waals surface area contributed by atoms with Crippen LogP contribution in [0.4, 0.5) is 5.69 Å². The van der Waals surface area contributed by atoms with Gasteiger partial charge in [-0.3, -0.25) is 10.8 Å². The Bertz CT molecular complexity index is 776. The van der Waals surface area contributed by atoms with Crippen LogP contribution in [0.1, 0.15) is 5.69 Å². The van der Waals surface area contributed by atoms with Crippen molar-refractivity contribution in [2.24, 2.45) is 5.84 Å². The second kappa shape index (κ2) is 6.11. The van der Waals surface area contributed by atoms with Crippen molar-refractivity contribution in [3.8, 4) is 5.75 Å². The van der Waals surface area contributed by atoms with Crippen molar-refractivity contribution in [3.63, 3.8) is 0 Å². The number of hydrazine groups is 1. The Balaban J connectivity index is 1.83. The molecule has 0 unspecified atom stereocenters. The van der Waals surface area contributed by atoms with Gasteiger partial charge in [-0.1, -0.05) is 30.3 Å². The van der Waals surface area contributed by atoms with Gasteiger partial charge in [-0.05, 0) is 44.9 Å². The van der Waals surface area contributed by atoms with Crippen LogP contribution in [-0.2, 0) is 6.61 Å². The van der Waals surface area contributed by atoms with Gasteiger partial charge < -0.3 is 10.2 Å². The van der Waals surface area contributed by atoms with E-state index in [4.69, 9.17) is 10.6 Å². The number of pyridine rings is 1. The average Bonchev–Trinajstić information content (AvgIpc) is 2.55. The molecule has 0 amide bonds. The Morgan fingerprint density at radius 3 is 2.86 bits per heavy atom. The number of hydrogen-bond acceptors (Lipinski definition) is 4. The SMILES string of the molecule is NNc1ccnc(COc2ccc3ccccc3c2Br)c1. The van der Waals surface area contributed by atoms with E-state index in [1.54, 1.807) is 12.3 Å². The summed E-state index contributed by atoms with van der Waals surface area (Å²) in [6.07, 6.45) is 1.70. The standard InChI is InChI=1S/C16H14BrN3O/c17-16-14-4-2-1-3-11(14)5-6-15(16)21-10-13-9-12(20-18)7-8-19-13/h1-9H,10,18H2,(H,19,20). The molecule has 106 valence electrons. The lowest BCUT2D eigenvalue weighted by Crippen LogP contribution is -2.08. The maximum Gasteiger partial charge on any atom is 0.134 e. The number of nitrogens with one attached hydrogen (secondary N) is 1. The third kappa shape index (κ3) is 2.99. The van der Waals surface area contributed by atoms with Gasteiger partial charge in [0, 0.05) is 6.20 Å². The molecule has 2 aromatic carbocycles. The smallest absolute Gasteiger partial charge is 0.134 e. The highest BCUT2D eigenvalue weighted by atomic mass is 79.9. The van der Waals surface area contributed by atoms with Gasteiger partial charge in [-0.25, -0.2) is 0 Å². The van der Waals surface area contributed by atoms with E-state index in [2.05, 4.69) is 38.5 Å². The molecule has 3 aromatic rings. The van der Waals surface area contributed by atoms with Crippen molar-refractivity contribution in [1.29, 1.82) is 0 Å². The zero-order valence-corrected chi connectivity index (χ0v) is 12.8. The summed E-state index contributed by atoms with van der Waals surface area (Å²) in [7, 11) is 0. The highest BCUT2D eigenvalue weighted by Crippen LogP contribution is 2.33. The van der Waals surface area contributed by atoms with Crippen LogP contribution in [0, 0.1) is 0 Å². The molecule has 0 saturated heterocycles. The highest BCUT2D eigenvalue weighted by Gasteiger charge is 2.06. The van der Waals surface area contributed by atoms with Crippen molar-refractivity contribution >= 4 is 32.4 Å². The molecule has 0 spiro atoms. The average molecular weight is 344 g/mol. The van der Waals surface area contributed by atoms with E-state index >= 15 is 0 Å². The van der Waals surface area contributed by atoms with E-state index in [0.717, 1.165) is 27.0 Å². The van der Waals surface area contributed by atoms with Crippen LogP contribution in [0.3, 0.4) is 0 Å². The number of halogens is 1. The quantitative estimate of drug-likeness (QED) is 0.557. The van der Waals surface area contributed by atoms with Crippen LogP contribution in [0.15, 0.2) is 59.2 Å². The lowest BCUT2D eigenvalue weighted by molar-refractivity contribution is 0.300. The summed E-state index contributed by atoms with van der Waals surface area (Å²) in [4.78, 5) is 4.26. The molecular formula is C16H14BrN3O. The normalized spacial score (nSPS) is 10.6. The molecule has 0 fully saturated rings. The van der Waals surface area contributed by atoms with Crippen LogP contribution < -0.4 is 16.0 Å². The summed E-state index contributed by atoms with van der Waals surface area (Å²) in [6, 6.07) is 15.8. The number of anilines is 1. The zero-order chi connectivity index (χ0) is 14.7. The van der Waals surface area contributed by atoms with Crippen molar-refractivity contribution < 1.29 is 4.74 Å². The van der Waals surface area contributed by atoms with Gasteiger partial charge in [0.25, 0.3) is 0 Å². The summed E-state index contributed by atoms with van der Waals surface area (Å²) in [5.41, 5.74) is 4.21. The minimum atomic E-state index is 0.381. The fourth-order valence-electron chi connectivity index (χ4n) is 2.12. The Labute approximate surface area is 131 Å². The first-order chi connectivity index (χ1) is 10.3. The lowest BCUT2D eigenvalue weighted by Gasteiger charge is -2.10. The first-order valence-corrected chi connectivity index (χ1v) is 7.29. The van der Waals surface area contributed by atoms with Gasteiger partial charge in [0.2, 0.25) is 0 Å². The summed E-state index contributed by atoms with van der Waals surface area (Å²) >= 11 is 3.61. The van der Waals surface area contributed by atoms with E-state index in [-0.39, 0.29) is 0 Å². The highest BCUT2D eigenvalue weighted by molar-refractivity contribution is 9.10. The molecule has 1 aromatic heterocycles.